The number of hydrogen-bond donors (Lipinski definition) is 1. The number of carbonyl (C=O) groups excluding carboxylic acids is 1. The van der Waals surface area contributed by atoms with Crippen LogP contribution < -0.4 is 10.2 Å². The average Bonchev–Trinajstić information content (AvgIpc) is 2.65. The quantitative estimate of drug-likeness (QED) is 0.231. The van der Waals surface area contributed by atoms with E-state index in [1.165, 1.54) is 0 Å². The summed E-state index contributed by atoms with van der Waals surface area (Å²) in [5.41, 5.74) is 4.53. The van der Waals surface area contributed by atoms with Crippen molar-refractivity contribution in [2.24, 2.45) is 5.10 Å². The maximum atomic E-state index is 12.3. The topological polar surface area (TPSA) is 50.7 Å². The van der Waals surface area contributed by atoms with Crippen molar-refractivity contribution < 1.29 is 9.53 Å². The van der Waals surface area contributed by atoms with Gasteiger partial charge in [-0.1, -0.05) is 42.5 Å². The second-order valence-corrected chi connectivity index (χ2v) is 8.91. The molecule has 0 saturated carbocycles. The van der Waals surface area contributed by atoms with Crippen molar-refractivity contribution in [3.8, 4) is 5.75 Å². The number of halogens is 2. The maximum absolute atomic E-state index is 12.3. The van der Waals surface area contributed by atoms with Gasteiger partial charge in [0.25, 0.3) is 0 Å². The third kappa shape index (κ3) is 5.44. The summed E-state index contributed by atoms with van der Waals surface area (Å²) in [5, 5.41) is 6.34. The van der Waals surface area contributed by atoms with Crippen LogP contribution in [0.1, 0.15) is 25.0 Å². The second-order valence-electron chi connectivity index (χ2n) is 6.59. The lowest BCUT2D eigenvalue weighted by Crippen LogP contribution is -2.20. The fraction of sp³-hybridized carbons (Fsp3) is 0.182. The van der Waals surface area contributed by atoms with Crippen molar-refractivity contribution in [3.05, 3.63) is 72.9 Å². The first-order valence-corrected chi connectivity index (χ1v) is 11.0. The van der Waals surface area contributed by atoms with Gasteiger partial charge in [-0.2, -0.15) is 5.10 Å². The normalized spacial score (nSPS) is 11.3. The third-order valence-corrected chi connectivity index (χ3v) is 5.61. The van der Waals surface area contributed by atoms with Gasteiger partial charge in [0.15, 0.2) is 0 Å². The number of amides is 1. The SMILES string of the molecule is CC(C)Oc1c(I)cc(/C=N\NC(=O)Cc2cccc3ccccc23)cc1I. The minimum absolute atomic E-state index is 0.120. The zero-order valence-corrected chi connectivity index (χ0v) is 19.9. The first-order valence-electron chi connectivity index (χ1n) is 8.88. The van der Waals surface area contributed by atoms with Crippen molar-refractivity contribution in [1.82, 2.24) is 5.43 Å². The van der Waals surface area contributed by atoms with Gasteiger partial charge in [-0.05, 0) is 93.1 Å². The Morgan fingerprint density at radius 2 is 1.79 bits per heavy atom. The van der Waals surface area contributed by atoms with E-state index in [2.05, 4.69) is 55.7 Å². The highest BCUT2D eigenvalue weighted by atomic mass is 127. The van der Waals surface area contributed by atoms with Gasteiger partial charge in [-0.25, -0.2) is 5.43 Å². The lowest BCUT2D eigenvalue weighted by molar-refractivity contribution is -0.120. The van der Waals surface area contributed by atoms with E-state index >= 15 is 0 Å². The van der Waals surface area contributed by atoms with E-state index in [9.17, 15) is 4.79 Å². The van der Waals surface area contributed by atoms with Gasteiger partial charge in [-0.3, -0.25) is 4.79 Å². The Balaban J connectivity index is 1.66. The summed E-state index contributed by atoms with van der Waals surface area (Å²) < 4.78 is 7.88. The summed E-state index contributed by atoms with van der Waals surface area (Å²) >= 11 is 4.51. The molecule has 6 heteroatoms. The number of rotatable bonds is 6. The van der Waals surface area contributed by atoms with Crippen molar-refractivity contribution in [1.29, 1.82) is 0 Å². The Bertz CT molecular complexity index is 1000. The molecular formula is C22H20I2N2O2. The van der Waals surface area contributed by atoms with E-state index in [0.29, 0.717) is 0 Å². The van der Waals surface area contributed by atoms with Crippen LogP contribution in [0.5, 0.6) is 5.75 Å². The Labute approximate surface area is 192 Å². The Hall–Kier alpha value is -1.68. The number of hydrazone groups is 1. The fourth-order valence-corrected chi connectivity index (χ4v) is 4.91. The third-order valence-electron chi connectivity index (χ3n) is 4.01. The number of carbonyl (C=O) groups is 1. The van der Waals surface area contributed by atoms with E-state index in [1.54, 1.807) is 6.21 Å². The molecular weight excluding hydrogens is 578 g/mol. The predicted octanol–water partition coefficient (Wildman–Crippen LogP) is 5.53. The molecule has 0 aliphatic heterocycles. The molecule has 3 rings (SSSR count). The summed E-state index contributed by atoms with van der Waals surface area (Å²) in [5.74, 6) is 0.741. The van der Waals surface area contributed by atoms with Crippen molar-refractivity contribution in [2.75, 3.05) is 0 Å². The molecule has 0 fully saturated rings. The molecule has 0 heterocycles. The van der Waals surface area contributed by atoms with Gasteiger partial charge in [0.2, 0.25) is 5.91 Å². The number of ether oxygens (including phenoxy) is 1. The molecule has 28 heavy (non-hydrogen) atoms. The molecule has 0 saturated heterocycles. The first-order chi connectivity index (χ1) is 13.4. The molecule has 3 aromatic carbocycles. The standard InChI is InChI=1S/C22H20I2N2O2/c1-14(2)28-22-19(23)10-15(11-20(22)24)13-25-26-21(27)12-17-8-5-7-16-6-3-4-9-18(16)17/h3-11,13-14H,12H2,1-2H3,(H,26,27)/b25-13-. The molecule has 0 spiro atoms. The highest BCUT2D eigenvalue weighted by Gasteiger charge is 2.10. The van der Waals surface area contributed by atoms with Gasteiger partial charge in [-0.15, -0.1) is 0 Å². The number of fused-ring (bicyclic) bond motifs is 1. The second kappa shape index (κ2) is 9.69. The molecule has 1 N–H and O–H groups in total. The molecule has 0 radical (unpaired) electrons. The number of nitrogens with one attached hydrogen (secondary N) is 1. The summed E-state index contributed by atoms with van der Waals surface area (Å²) in [6.07, 6.45) is 2.06. The Kier molecular flexibility index (Phi) is 7.28. The smallest absolute Gasteiger partial charge is 0.244 e. The van der Waals surface area contributed by atoms with Crippen molar-refractivity contribution in [3.63, 3.8) is 0 Å². The van der Waals surface area contributed by atoms with Gasteiger partial charge in [0.1, 0.15) is 5.75 Å². The number of hydrogen-bond acceptors (Lipinski definition) is 3. The van der Waals surface area contributed by atoms with Crippen LogP contribution in [0.3, 0.4) is 0 Å². The lowest BCUT2D eigenvalue weighted by atomic mass is 10.0. The van der Waals surface area contributed by atoms with E-state index in [4.69, 9.17) is 4.74 Å². The largest absolute Gasteiger partial charge is 0.489 e. The van der Waals surface area contributed by atoms with Crippen LogP contribution in [0.15, 0.2) is 59.7 Å². The van der Waals surface area contributed by atoms with Crippen LogP contribution >= 0.6 is 45.2 Å². The van der Waals surface area contributed by atoms with Crippen molar-refractivity contribution in [2.45, 2.75) is 26.4 Å². The van der Waals surface area contributed by atoms with E-state index < -0.39 is 0 Å². The van der Waals surface area contributed by atoms with Crippen LogP contribution in [-0.4, -0.2) is 18.2 Å². The molecule has 0 aliphatic rings. The summed E-state index contributed by atoms with van der Waals surface area (Å²) in [6.45, 7) is 4.01. The molecule has 0 atom stereocenters. The maximum Gasteiger partial charge on any atom is 0.244 e. The minimum Gasteiger partial charge on any atom is -0.489 e. The molecule has 3 aromatic rings. The zero-order chi connectivity index (χ0) is 20.1. The van der Waals surface area contributed by atoms with Crippen LogP contribution in [0.25, 0.3) is 10.8 Å². The summed E-state index contributed by atoms with van der Waals surface area (Å²) in [6, 6.07) is 18.0. The van der Waals surface area contributed by atoms with Crippen LogP contribution in [0.2, 0.25) is 0 Å². The number of benzene rings is 3. The van der Waals surface area contributed by atoms with Crippen LogP contribution in [0.4, 0.5) is 0 Å². The molecule has 0 bridgehead atoms. The molecule has 4 nitrogen and oxygen atoms in total. The van der Waals surface area contributed by atoms with E-state index in [0.717, 1.165) is 34.8 Å². The average molecular weight is 598 g/mol. The predicted molar refractivity (Wildman–Crippen MR) is 131 cm³/mol. The molecule has 0 unspecified atom stereocenters. The first kappa shape index (κ1) is 21.0. The molecule has 0 aliphatic carbocycles. The summed E-state index contributed by atoms with van der Waals surface area (Å²) in [7, 11) is 0. The minimum atomic E-state index is -0.142. The van der Waals surface area contributed by atoms with Crippen LogP contribution in [-0.2, 0) is 11.2 Å². The van der Waals surface area contributed by atoms with Gasteiger partial charge < -0.3 is 4.74 Å². The monoisotopic (exact) mass is 598 g/mol. The van der Waals surface area contributed by atoms with Crippen molar-refractivity contribution >= 4 is 68.1 Å². The lowest BCUT2D eigenvalue weighted by Gasteiger charge is -2.14. The Morgan fingerprint density at radius 1 is 1.11 bits per heavy atom. The van der Waals surface area contributed by atoms with Gasteiger partial charge in [0, 0.05) is 0 Å². The molecule has 144 valence electrons. The molecule has 1 amide bonds. The Morgan fingerprint density at radius 3 is 2.50 bits per heavy atom. The fourth-order valence-electron chi connectivity index (χ4n) is 2.84. The van der Waals surface area contributed by atoms with Gasteiger partial charge in [0.05, 0.1) is 25.9 Å². The molecule has 0 aromatic heterocycles. The van der Waals surface area contributed by atoms with E-state index in [1.807, 2.05) is 68.4 Å². The van der Waals surface area contributed by atoms with Crippen LogP contribution in [0, 0.1) is 7.14 Å². The van der Waals surface area contributed by atoms with E-state index in [-0.39, 0.29) is 18.4 Å². The highest BCUT2D eigenvalue weighted by Crippen LogP contribution is 2.29. The number of nitrogens with zero attached hydrogens (tertiary/aromatic N) is 1. The summed E-state index contributed by atoms with van der Waals surface area (Å²) in [4.78, 5) is 12.3. The highest BCUT2D eigenvalue weighted by molar-refractivity contribution is 14.1. The van der Waals surface area contributed by atoms with Gasteiger partial charge >= 0.3 is 0 Å². The zero-order valence-electron chi connectivity index (χ0n) is 15.6.